The van der Waals surface area contributed by atoms with E-state index in [1.165, 1.54) is 6.08 Å². The standard InChI is InChI=1S/C14H21N3O2/c1-17-12(8-9-16-17)4-7-14(19)15-10-11-2-5-13(18)6-3-11/h4,7-9,11,13,18H,2-3,5-6,10H2,1H3,(H,15,19)/b7-4+. The summed E-state index contributed by atoms with van der Waals surface area (Å²) in [4.78, 5) is 11.7. The molecule has 0 radical (unpaired) electrons. The van der Waals surface area contributed by atoms with Gasteiger partial charge in [-0.3, -0.25) is 9.48 Å². The summed E-state index contributed by atoms with van der Waals surface area (Å²) in [5.41, 5.74) is 0.899. The number of aryl methyl sites for hydroxylation is 1. The molecule has 1 aliphatic carbocycles. The number of nitrogens with zero attached hydrogens (tertiary/aromatic N) is 2. The van der Waals surface area contributed by atoms with E-state index in [0.717, 1.165) is 31.4 Å². The molecule has 1 aromatic heterocycles. The van der Waals surface area contributed by atoms with Crippen LogP contribution in [0.15, 0.2) is 18.3 Å². The van der Waals surface area contributed by atoms with Crippen LogP contribution in [0, 0.1) is 5.92 Å². The van der Waals surface area contributed by atoms with Crippen LogP contribution in [-0.4, -0.2) is 33.4 Å². The topological polar surface area (TPSA) is 67.2 Å². The average molecular weight is 263 g/mol. The van der Waals surface area contributed by atoms with Crippen LogP contribution >= 0.6 is 0 Å². The Morgan fingerprint density at radius 1 is 1.53 bits per heavy atom. The molecule has 1 fully saturated rings. The SMILES string of the molecule is Cn1nccc1/C=C/C(=O)NCC1CCC(O)CC1. The van der Waals surface area contributed by atoms with Gasteiger partial charge in [-0.15, -0.1) is 0 Å². The first-order chi connectivity index (χ1) is 9.15. The number of carbonyl (C=O) groups excluding carboxylic acids is 1. The maximum absolute atomic E-state index is 11.7. The Hall–Kier alpha value is -1.62. The second kappa shape index (κ2) is 6.52. The smallest absolute Gasteiger partial charge is 0.244 e. The molecule has 1 saturated carbocycles. The lowest BCUT2D eigenvalue weighted by Crippen LogP contribution is -2.31. The summed E-state index contributed by atoms with van der Waals surface area (Å²) in [7, 11) is 1.84. The van der Waals surface area contributed by atoms with E-state index in [1.807, 2.05) is 13.1 Å². The van der Waals surface area contributed by atoms with Crippen molar-refractivity contribution in [1.29, 1.82) is 0 Å². The van der Waals surface area contributed by atoms with Crippen molar-refractivity contribution in [2.45, 2.75) is 31.8 Å². The maximum atomic E-state index is 11.7. The van der Waals surface area contributed by atoms with Gasteiger partial charge in [0.2, 0.25) is 5.91 Å². The highest BCUT2D eigenvalue weighted by molar-refractivity contribution is 5.91. The fraction of sp³-hybridized carbons (Fsp3) is 0.571. The van der Waals surface area contributed by atoms with Crippen LogP contribution in [-0.2, 0) is 11.8 Å². The van der Waals surface area contributed by atoms with E-state index >= 15 is 0 Å². The van der Waals surface area contributed by atoms with Crippen molar-refractivity contribution in [1.82, 2.24) is 15.1 Å². The largest absolute Gasteiger partial charge is 0.393 e. The molecule has 2 rings (SSSR count). The summed E-state index contributed by atoms with van der Waals surface area (Å²) >= 11 is 0. The first-order valence-electron chi connectivity index (χ1n) is 6.77. The van der Waals surface area contributed by atoms with Crippen LogP contribution in [0.3, 0.4) is 0 Å². The number of rotatable bonds is 4. The highest BCUT2D eigenvalue weighted by Crippen LogP contribution is 2.23. The van der Waals surface area contributed by atoms with Gasteiger partial charge in [0.15, 0.2) is 0 Å². The molecule has 1 aliphatic rings. The predicted octanol–water partition coefficient (Wildman–Crippen LogP) is 1.10. The van der Waals surface area contributed by atoms with Crippen LogP contribution in [0.25, 0.3) is 6.08 Å². The number of hydrogen-bond acceptors (Lipinski definition) is 3. The van der Waals surface area contributed by atoms with Gasteiger partial charge < -0.3 is 10.4 Å². The summed E-state index contributed by atoms with van der Waals surface area (Å²) in [6, 6.07) is 1.85. The molecule has 104 valence electrons. The number of aliphatic hydroxyl groups is 1. The first kappa shape index (κ1) is 13.8. The Morgan fingerprint density at radius 2 is 2.26 bits per heavy atom. The number of aromatic nitrogens is 2. The molecule has 2 N–H and O–H groups in total. The number of amides is 1. The lowest BCUT2D eigenvalue weighted by Gasteiger charge is -2.25. The molecular formula is C14H21N3O2. The summed E-state index contributed by atoms with van der Waals surface area (Å²) in [5, 5.41) is 16.4. The highest BCUT2D eigenvalue weighted by Gasteiger charge is 2.19. The third kappa shape index (κ3) is 4.21. The number of aliphatic hydroxyl groups excluding tert-OH is 1. The van der Waals surface area contributed by atoms with Gasteiger partial charge in [-0.2, -0.15) is 5.10 Å². The van der Waals surface area contributed by atoms with Crippen LogP contribution in [0.1, 0.15) is 31.4 Å². The van der Waals surface area contributed by atoms with E-state index in [0.29, 0.717) is 12.5 Å². The van der Waals surface area contributed by atoms with Crippen LogP contribution in [0.2, 0.25) is 0 Å². The lowest BCUT2D eigenvalue weighted by molar-refractivity contribution is -0.116. The fourth-order valence-corrected chi connectivity index (χ4v) is 2.36. The van der Waals surface area contributed by atoms with Gasteiger partial charge in [0.05, 0.1) is 11.8 Å². The zero-order valence-corrected chi connectivity index (χ0v) is 11.2. The van der Waals surface area contributed by atoms with Crippen molar-refractivity contribution in [2.24, 2.45) is 13.0 Å². The van der Waals surface area contributed by atoms with Crippen LogP contribution < -0.4 is 5.32 Å². The van der Waals surface area contributed by atoms with Crippen LogP contribution in [0.4, 0.5) is 0 Å². The molecule has 19 heavy (non-hydrogen) atoms. The van der Waals surface area contributed by atoms with E-state index in [1.54, 1.807) is 17.0 Å². The second-order valence-electron chi connectivity index (χ2n) is 5.13. The van der Waals surface area contributed by atoms with Crippen molar-refractivity contribution < 1.29 is 9.90 Å². The Bertz CT molecular complexity index is 445. The minimum atomic E-state index is -0.142. The second-order valence-corrected chi connectivity index (χ2v) is 5.13. The summed E-state index contributed by atoms with van der Waals surface area (Å²) < 4.78 is 1.71. The van der Waals surface area contributed by atoms with Crippen LogP contribution in [0.5, 0.6) is 0 Å². The Labute approximate surface area is 113 Å². The lowest BCUT2D eigenvalue weighted by atomic mass is 9.87. The summed E-state index contributed by atoms with van der Waals surface area (Å²) in [6.45, 7) is 0.696. The van der Waals surface area contributed by atoms with Crippen molar-refractivity contribution in [2.75, 3.05) is 6.54 Å². The fourth-order valence-electron chi connectivity index (χ4n) is 2.36. The zero-order valence-electron chi connectivity index (χ0n) is 11.2. The Balaban J connectivity index is 1.73. The quantitative estimate of drug-likeness (QED) is 0.799. The molecule has 5 nitrogen and oxygen atoms in total. The molecule has 0 aromatic carbocycles. The molecule has 1 aromatic rings. The molecule has 5 heteroatoms. The molecule has 0 atom stereocenters. The van der Waals surface area contributed by atoms with E-state index < -0.39 is 0 Å². The Morgan fingerprint density at radius 3 is 2.89 bits per heavy atom. The van der Waals surface area contributed by atoms with Crippen molar-refractivity contribution in [3.63, 3.8) is 0 Å². The zero-order chi connectivity index (χ0) is 13.7. The molecule has 0 unspecified atom stereocenters. The van der Waals surface area contributed by atoms with Gasteiger partial charge in [-0.25, -0.2) is 0 Å². The van der Waals surface area contributed by atoms with E-state index in [4.69, 9.17) is 0 Å². The van der Waals surface area contributed by atoms with Gasteiger partial charge in [0.1, 0.15) is 0 Å². The van der Waals surface area contributed by atoms with Crippen molar-refractivity contribution in [3.05, 3.63) is 24.0 Å². The summed E-state index contributed by atoms with van der Waals surface area (Å²) in [6.07, 6.45) is 8.54. The van der Waals surface area contributed by atoms with E-state index in [9.17, 15) is 9.90 Å². The normalized spacial score (nSPS) is 23.7. The first-order valence-corrected chi connectivity index (χ1v) is 6.77. The minimum absolute atomic E-state index is 0.0766. The van der Waals surface area contributed by atoms with Gasteiger partial charge >= 0.3 is 0 Å². The van der Waals surface area contributed by atoms with Crippen molar-refractivity contribution >= 4 is 12.0 Å². The molecule has 1 heterocycles. The third-order valence-corrected chi connectivity index (χ3v) is 3.65. The van der Waals surface area contributed by atoms with Gasteiger partial charge in [-0.1, -0.05) is 0 Å². The molecule has 0 spiro atoms. The summed E-state index contributed by atoms with van der Waals surface area (Å²) in [5.74, 6) is 0.421. The Kier molecular flexibility index (Phi) is 4.74. The van der Waals surface area contributed by atoms with Gasteiger partial charge in [-0.05, 0) is 43.7 Å². The maximum Gasteiger partial charge on any atom is 0.244 e. The minimum Gasteiger partial charge on any atom is -0.393 e. The number of nitrogens with one attached hydrogen (secondary N) is 1. The highest BCUT2D eigenvalue weighted by atomic mass is 16.3. The van der Waals surface area contributed by atoms with E-state index in [-0.39, 0.29) is 12.0 Å². The van der Waals surface area contributed by atoms with Crippen molar-refractivity contribution in [3.8, 4) is 0 Å². The molecular weight excluding hydrogens is 242 g/mol. The average Bonchev–Trinajstić information content (AvgIpc) is 2.81. The van der Waals surface area contributed by atoms with E-state index in [2.05, 4.69) is 10.4 Å². The van der Waals surface area contributed by atoms with Gasteiger partial charge in [0.25, 0.3) is 0 Å². The number of hydrogen-bond donors (Lipinski definition) is 2. The molecule has 0 aliphatic heterocycles. The molecule has 0 saturated heterocycles. The molecule has 0 bridgehead atoms. The number of carbonyl (C=O) groups is 1. The molecule has 1 amide bonds. The predicted molar refractivity (Wildman–Crippen MR) is 73.2 cm³/mol. The van der Waals surface area contributed by atoms with Gasteiger partial charge in [0, 0.05) is 25.9 Å². The monoisotopic (exact) mass is 263 g/mol. The third-order valence-electron chi connectivity index (χ3n) is 3.65.